The summed E-state index contributed by atoms with van der Waals surface area (Å²) in [7, 11) is 1.77. The Morgan fingerprint density at radius 2 is 2.00 bits per heavy atom. The highest BCUT2D eigenvalue weighted by Gasteiger charge is 2.21. The van der Waals surface area contributed by atoms with Gasteiger partial charge < -0.3 is 15.5 Å². The number of fused-ring (bicyclic) bond motifs is 2. The van der Waals surface area contributed by atoms with Gasteiger partial charge in [-0.3, -0.25) is 4.68 Å². The Bertz CT molecular complexity index is 1260. The molecule has 5 rings (SSSR count). The maximum Gasteiger partial charge on any atom is 0.191 e. The van der Waals surface area contributed by atoms with Gasteiger partial charge in [-0.2, -0.15) is 10.2 Å². The van der Waals surface area contributed by atoms with Crippen LogP contribution in [0.5, 0.6) is 0 Å². The Morgan fingerprint density at radius 1 is 1.17 bits per heavy atom. The molecule has 0 amide bonds. The summed E-state index contributed by atoms with van der Waals surface area (Å²) in [5.74, 6) is -0.102. The molecule has 0 aliphatic carbocycles. The summed E-state index contributed by atoms with van der Waals surface area (Å²) in [5, 5.41) is 15.4. The van der Waals surface area contributed by atoms with Crippen LogP contribution in [0.15, 0.2) is 24.4 Å². The number of nitrogens with zero attached hydrogens (tertiary/aromatic N) is 6. The first-order valence-corrected chi connectivity index (χ1v) is 9.83. The number of halogens is 2. The molecule has 4 aromatic rings. The highest BCUT2D eigenvalue weighted by Crippen LogP contribution is 2.32. The molecule has 1 aliphatic rings. The van der Waals surface area contributed by atoms with Gasteiger partial charge in [0.05, 0.1) is 22.8 Å². The van der Waals surface area contributed by atoms with Crippen LogP contribution in [0.2, 0.25) is 0 Å². The average molecular weight is 412 g/mol. The van der Waals surface area contributed by atoms with E-state index in [1.165, 1.54) is 16.6 Å². The second-order valence-corrected chi connectivity index (χ2v) is 7.72. The topological polar surface area (TPSA) is 75.3 Å². The molecule has 1 fully saturated rings. The predicted octanol–water partition coefficient (Wildman–Crippen LogP) is 2.74. The van der Waals surface area contributed by atoms with E-state index >= 15 is 4.39 Å². The molecule has 30 heavy (non-hydrogen) atoms. The van der Waals surface area contributed by atoms with Crippen LogP contribution in [0.1, 0.15) is 12.7 Å². The summed E-state index contributed by atoms with van der Waals surface area (Å²) in [6, 6.07) is 5.13. The van der Waals surface area contributed by atoms with Crippen LogP contribution < -0.4 is 15.5 Å². The van der Waals surface area contributed by atoms with Gasteiger partial charge in [-0.1, -0.05) is 0 Å². The van der Waals surface area contributed by atoms with Crippen LogP contribution in [0.25, 0.3) is 16.6 Å². The number of piperazine rings is 1. The zero-order chi connectivity index (χ0) is 21.0. The van der Waals surface area contributed by atoms with E-state index in [1.807, 2.05) is 6.07 Å². The van der Waals surface area contributed by atoms with Crippen molar-refractivity contribution in [3.8, 4) is 0 Å². The van der Waals surface area contributed by atoms with E-state index in [0.29, 0.717) is 34.3 Å². The molecule has 1 saturated heterocycles. The van der Waals surface area contributed by atoms with Gasteiger partial charge in [0.25, 0.3) is 0 Å². The largest absolute Gasteiger partial charge is 0.369 e. The molecule has 10 heteroatoms. The van der Waals surface area contributed by atoms with Crippen molar-refractivity contribution >= 4 is 33.7 Å². The van der Waals surface area contributed by atoms with Crippen LogP contribution in [0.3, 0.4) is 0 Å². The number of anilines is 3. The Labute approximate surface area is 171 Å². The number of nitrogens with one attached hydrogen (secondary N) is 2. The van der Waals surface area contributed by atoms with Crippen molar-refractivity contribution in [2.24, 2.45) is 7.05 Å². The molecule has 1 atom stereocenters. The summed E-state index contributed by atoms with van der Waals surface area (Å²) < 4.78 is 32.5. The van der Waals surface area contributed by atoms with Crippen molar-refractivity contribution in [3.05, 3.63) is 41.9 Å². The van der Waals surface area contributed by atoms with Gasteiger partial charge in [-0.15, -0.1) is 0 Å². The SMILES string of the molecule is Cc1nc2c(F)cc(Nc3nn(C)c4cc(N5CCNC(C)C5)cc(F)c34)cn2n1. The summed E-state index contributed by atoms with van der Waals surface area (Å²) in [6.45, 7) is 6.28. The minimum Gasteiger partial charge on any atom is -0.369 e. The fraction of sp³-hybridized carbons (Fsp3) is 0.350. The van der Waals surface area contributed by atoms with Crippen LogP contribution in [0.4, 0.5) is 26.0 Å². The van der Waals surface area contributed by atoms with Crippen molar-refractivity contribution < 1.29 is 8.78 Å². The first kappa shape index (κ1) is 18.7. The summed E-state index contributed by atoms with van der Waals surface area (Å²) in [4.78, 5) is 6.22. The molecule has 1 aliphatic heterocycles. The lowest BCUT2D eigenvalue weighted by atomic mass is 10.1. The molecule has 0 radical (unpaired) electrons. The van der Waals surface area contributed by atoms with Crippen molar-refractivity contribution in [2.75, 3.05) is 29.9 Å². The Balaban J connectivity index is 1.54. The normalized spacial score (nSPS) is 17.2. The van der Waals surface area contributed by atoms with Gasteiger partial charge in [-0.25, -0.2) is 18.3 Å². The summed E-state index contributed by atoms with van der Waals surface area (Å²) in [5.41, 5.74) is 2.04. The molecular weight excluding hydrogens is 390 g/mol. The molecule has 8 nitrogen and oxygen atoms in total. The molecule has 0 spiro atoms. The van der Waals surface area contributed by atoms with E-state index in [4.69, 9.17) is 0 Å². The molecular formula is C20H22F2N8. The lowest BCUT2D eigenvalue weighted by Crippen LogP contribution is -2.49. The third-order valence-corrected chi connectivity index (χ3v) is 5.38. The molecule has 2 N–H and O–H groups in total. The number of hydrogen-bond donors (Lipinski definition) is 2. The highest BCUT2D eigenvalue weighted by molar-refractivity contribution is 5.94. The minimum atomic E-state index is -0.517. The van der Waals surface area contributed by atoms with E-state index < -0.39 is 5.82 Å². The second-order valence-electron chi connectivity index (χ2n) is 7.72. The zero-order valence-electron chi connectivity index (χ0n) is 16.9. The number of aromatic nitrogens is 5. The third kappa shape index (κ3) is 3.13. The van der Waals surface area contributed by atoms with E-state index in [1.54, 1.807) is 24.9 Å². The summed E-state index contributed by atoms with van der Waals surface area (Å²) in [6.07, 6.45) is 1.60. The minimum absolute atomic E-state index is 0.144. The smallest absolute Gasteiger partial charge is 0.191 e. The quantitative estimate of drug-likeness (QED) is 0.539. The van der Waals surface area contributed by atoms with Crippen LogP contribution in [0, 0.1) is 18.6 Å². The van der Waals surface area contributed by atoms with Gasteiger partial charge >= 0.3 is 0 Å². The maximum absolute atomic E-state index is 15.2. The first-order valence-electron chi connectivity index (χ1n) is 9.83. The Morgan fingerprint density at radius 3 is 2.80 bits per heavy atom. The number of aryl methyl sites for hydroxylation is 2. The monoisotopic (exact) mass is 412 g/mol. The highest BCUT2D eigenvalue weighted by atomic mass is 19.1. The molecule has 0 saturated carbocycles. The van der Waals surface area contributed by atoms with E-state index in [9.17, 15) is 4.39 Å². The second kappa shape index (κ2) is 6.91. The number of rotatable bonds is 3. The molecule has 3 aromatic heterocycles. The maximum atomic E-state index is 15.2. The van der Waals surface area contributed by atoms with Crippen molar-refractivity contribution in [3.63, 3.8) is 0 Å². The third-order valence-electron chi connectivity index (χ3n) is 5.38. The Kier molecular flexibility index (Phi) is 4.31. The van der Waals surface area contributed by atoms with Crippen molar-refractivity contribution in [1.82, 2.24) is 29.7 Å². The lowest BCUT2D eigenvalue weighted by molar-refractivity contribution is 0.484. The van der Waals surface area contributed by atoms with Gasteiger partial charge in [0, 0.05) is 44.5 Å². The van der Waals surface area contributed by atoms with E-state index in [0.717, 1.165) is 25.3 Å². The fourth-order valence-corrected chi connectivity index (χ4v) is 4.02. The standard InChI is InChI=1S/C20H22F2N8/c1-11-9-29(5-4-23-11)14-7-15(21)18-17(8-14)28(3)27-19(18)25-13-6-16(22)20-24-12(2)26-30(20)10-13/h6-8,10-11,23H,4-5,9H2,1-3H3,(H,25,27). The van der Waals surface area contributed by atoms with Crippen LogP contribution >= 0.6 is 0 Å². The van der Waals surface area contributed by atoms with Gasteiger partial charge in [0.1, 0.15) is 11.6 Å². The van der Waals surface area contributed by atoms with Gasteiger partial charge in [-0.05, 0) is 26.0 Å². The lowest BCUT2D eigenvalue weighted by Gasteiger charge is -2.33. The molecule has 0 bridgehead atoms. The number of benzene rings is 1. The predicted molar refractivity (Wildman–Crippen MR) is 111 cm³/mol. The molecule has 4 heterocycles. The average Bonchev–Trinajstić information content (AvgIpc) is 3.22. The van der Waals surface area contributed by atoms with Gasteiger partial charge in [0.15, 0.2) is 17.3 Å². The van der Waals surface area contributed by atoms with Crippen LogP contribution in [-0.4, -0.2) is 50.1 Å². The van der Waals surface area contributed by atoms with Crippen molar-refractivity contribution in [2.45, 2.75) is 19.9 Å². The van der Waals surface area contributed by atoms with Crippen molar-refractivity contribution in [1.29, 1.82) is 0 Å². The zero-order valence-corrected chi connectivity index (χ0v) is 16.9. The molecule has 156 valence electrons. The number of hydrogen-bond acceptors (Lipinski definition) is 6. The number of pyridine rings is 1. The van der Waals surface area contributed by atoms with E-state index in [2.05, 4.69) is 37.6 Å². The fourth-order valence-electron chi connectivity index (χ4n) is 4.02. The molecule has 1 unspecified atom stereocenters. The summed E-state index contributed by atoms with van der Waals surface area (Å²) >= 11 is 0. The first-order chi connectivity index (χ1) is 14.4. The van der Waals surface area contributed by atoms with E-state index in [-0.39, 0.29) is 11.5 Å². The molecule has 1 aromatic carbocycles. The Hall–Kier alpha value is -3.27. The van der Waals surface area contributed by atoms with Gasteiger partial charge in [0.2, 0.25) is 0 Å². The van der Waals surface area contributed by atoms with Crippen LogP contribution in [-0.2, 0) is 7.05 Å².